The number of benzene rings is 1. The average Bonchev–Trinajstić information content (AvgIpc) is 2.31. The van der Waals surface area contributed by atoms with E-state index in [-0.39, 0.29) is 6.09 Å². The van der Waals surface area contributed by atoms with E-state index in [0.29, 0.717) is 13.1 Å². The Morgan fingerprint density at radius 3 is 2.68 bits per heavy atom. The van der Waals surface area contributed by atoms with Crippen LogP contribution in [0.1, 0.15) is 31.9 Å². The van der Waals surface area contributed by atoms with Crippen molar-refractivity contribution in [1.82, 2.24) is 4.90 Å². The average molecular weight is 327 g/mol. The summed E-state index contributed by atoms with van der Waals surface area (Å²) in [6.07, 6.45) is 0.512. The number of anilines is 1. The number of ether oxygens (including phenoxy) is 1. The molecule has 104 valence electrons. The van der Waals surface area contributed by atoms with Crippen LogP contribution in [0.25, 0.3) is 0 Å². The van der Waals surface area contributed by atoms with Gasteiger partial charge in [0.1, 0.15) is 5.60 Å². The van der Waals surface area contributed by atoms with Crippen LogP contribution in [0.2, 0.25) is 0 Å². The first-order valence-electron chi connectivity index (χ1n) is 6.31. The smallest absolute Gasteiger partial charge is 0.410 e. The van der Waals surface area contributed by atoms with E-state index in [4.69, 9.17) is 10.5 Å². The first kappa shape index (κ1) is 14.2. The van der Waals surface area contributed by atoms with Gasteiger partial charge < -0.3 is 15.4 Å². The lowest BCUT2D eigenvalue weighted by Gasteiger charge is -2.32. The molecule has 0 aliphatic carbocycles. The van der Waals surface area contributed by atoms with Gasteiger partial charge in [-0.2, -0.15) is 0 Å². The van der Waals surface area contributed by atoms with Crippen LogP contribution in [0.5, 0.6) is 0 Å². The molecule has 0 radical (unpaired) electrons. The van der Waals surface area contributed by atoms with Gasteiger partial charge in [-0.15, -0.1) is 0 Å². The summed E-state index contributed by atoms with van der Waals surface area (Å²) in [5.41, 5.74) is 8.47. The molecular weight excluding hydrogens is 308 g/mol. The zero-order valence-electron chi connectivity index (χ0n) is 11.5. The number of carbonyl (C=O) groups excluding carboxylic acids is 1. The number of rotatable bonds is 0. The Bertz CT molecular complexity index is 509. The zero-order chi connectivity index (χ0) is 14.2. The number of amides is 1. The third-order valence-corrected chi connectivity index (χ3v) is 3.79. The molecule has 1 aromatic rings. The van der Waals surface area contributed by atoms with Crippen molar-refractivity contribution >= 4 is 27.7 Å². The van der Waals surface area contributed by atoms with Gasteiger partial charge in [-0.25, -0.2) is 4.79 Å². The van der Waals surface area contributed by atoms with E-state index in [0.717, 1.165) is 22.1 Å². The van der Waals surface area contributed by atoms with Gasteiger partial charge in [0.2, 0.25) is 0 Å². The molecule has 19 heavy (non-hydrogen) atoms. The molecule has 1 aliphatic heterocycles. The quantitative estimate of drug-likeness (QED) is 0.744. The van der Waals surface area contributed by atoms with Crippen LogP contribution in [0, 0.1) is 0 Å². The third kappa shape index (κ3) is 3.21. The van der Waals surface area contributed by atoms with Crippen molar-refractivity contribution in [3.63, 3.8) is 0 Å². The summed E-state index contributed by atoms with van der Waals surface area (Å²) in [5, 5.41) is 0. The Hall–Kier alpha value is -1.23. The Balaban J connectivity index is 2.18. The number of nitrogens with zero attached hydrogens (tertiary/aromatic N) is 1. The van der Waals surface area contributed by atoms with Crippen LogP contribution in [0.15, 0.2) is 16.6 Å². The molecule has 2 rings (SSSR count). The lowest BCUT2D eigenvalue weighted by Crippen LogP contribution is -2.40. The van der Waals surface area contributed by atoms with Gasteiger partial charge in [-0.3, -0.25) is 0 Å². The van der Waals surface area contributed by atoms with Gasteiger partial charge >= 0.3 is 6.09 Å². The van der Waals surface area contributed by atoms with Crippen LogP contribution in [0.4, 0.5) is 10.5 Å². The number of nitrogen functional groups attached to an aromatic ring is 1. The number of halogens is 1. The minimum Gasteiger partial charge on any atom is -0.444 e. The fourth-order valence-corrected chi connectivity index (χ4v) is 2.71. The standard InChI is InChI=1S/C14H19BrN2O2/c1-14(2,3)19-13(18)17-7-6-9-10(8-17)12(16)5-4-11(9)15/h4-5H,6-8,16H2,1-3H3. The lowest BCUT2D eigenvalue weighted by atomic mass is 9.98. The highest BCUT2D eigenvalue weighted by Gasteiger charge is 2.27. The number of hydrogen-bond acceptors (Lipinski definition) is 3. The van der Waals surface area contributed by atoms with Crippen LogP contribution in [-0.4, -0.2) is 23.1 Å². The predicted molar refractivity (Wildman–Crippen MR) is 78.9 cm³/mol. The van der Waals surface area contributed by atoms with Gasteiger partial charge in [0, 0.05) is 16.7 Å². The highest BCUT2D eigenvalue weighted by molar-refractivity contribution is 9.10. The minimum absolute atomic E-state index is 0.280. The molecule has 1 heterocycles. The second-order valence-electron chi connectivity index (χ2n) is 5.75. The lowest BCUT2D eigenvalue weighted by molar-refractivity contribution is 0.0224. The zero-order valence-corrected chi connectivity index (χ0v) is 13.1. The Morgan fingerprint density at radius 2 is 2.05 bits per heavy atom. The molecule has 5 heteroatoms. The van der Waals surface area contributed by atoms with Gasteiger partial charge in [0.25, 0.3) is 0 Å². The molecule has 0 atom stereocenters. The SMILES string of the molecule is CC(C)(C)OC(=O)N1CCc2c(Br)ccc(N)c2C1. The van der Waals surface area contributed by atoms with E-state index >= 15 is 0 Å². The van der Waals surface area contributed by atoms with Gasteiger partial charge in [0.15, 0.2) is 0 Å². The molecule has 1 amide bonds. The second kappa shape index (κ2) is 5.04. The van der Waals surface area contributed by atoms with Crippen molar-refractivity contribution < 1.29 is 9.53 Å². The van der Waals surface area contributed by atoms with E-state index in [1.807, 2.05) is 32.9 Å². The minimum atomic E-state index is -0.472. The maximum Gasteiger partial charge on any atom is 0.410 e. The Labute approximate surface area is 122 Å². The van der Waals surface area contributed by atoms with Crippen molar-refractivity contribution in [2.75, 3.05) is 12.3 Å². The fourth-order valence-electron chi connectivity index (χ4n) is 2.14. The monoisotopic (exact) mass is 326 g/mol. The largest absolute Gasteiger partial charge is 0.444 e. The van der Waals surface area contributed by atoms with Crippen molar-refractivity contribution in [3.8, 4) is 0 Å². The Morgan fingerprint density at radius 1 is 1.37 bits per heavy atom. The molecule has 0 saturated heterocycles. The van der Waals surface area contributed by atoms with Crippen LogP contribution >= 0.6 is 15.9 Å². The van der Waals surface area contributed by atoms with Gasteiger partial charge in [-0.05, 0) is 50.5 Å². The third-order valence-electron chi connectivity index (χ3n) is 3.04. The van der Waals surface area contributed by atoms with E-state index in [9.17, 15) is 4.79 Å². The molecule has 1 aliphatic rings. The second-order valence-corrected chi connectivity index (χ2v) is 6.60. The summed E-state index contributed by atoms with van der Waals surface area (Å²) in [6.45, 7) is 6.77. The maximum absolute atomic E-state index is 12.1. The summed E-state index contributed by atoms with van der Waals surface area (Å²) in [6, 6.07) is 3.82. The molecule has 0 aromatic heterocycles. The molecule has 4 nitrogen and oxygen atoms in total. The summed E-state index contributed by atoms with van der Waals surface area (Å²) in [4.78, 5) is 13.8. The van der Waals surface area contributed by atoms with Crippen LogP contribution in [0.3, 0.4) is 0 Å². The number of fused-ring (bicyclic) bond motifs is 1. The molecular formula is C14H19BrN2O2. The predicted octanol–water partition coefficient (Wildman–Crippen LogP) is 3.32. The summed E-state index contributed by atoms with van der Waals surface area (Å²) < 4.78 is 6.45. The number of carbonyl (C=O) groups is 1. The fraction of sp³-hybridized carbons (Fsp3) is 0.500. The van der Waals surface area contributed by atoms with Crippen molar-refractivity contribution in [1.29, 1.82) is 0 Å². The van der Waals surface area contributed by atoms with Gasteiger partial charge in [-0.1, -0.05) is 15.9 Å². The van der Waals surface area contributed by atoms with Crippen LogP contribution < -0.4 is 5.73 Å². The molecule has 0 spiro atoms. The molecule has 0 saturated carbocycles. The highest BCUT2D eigenvalue weighted by atomic mass is 79.9. The highest BCUT2D eigenvalue weighted by Crippen LogP contribution is 2.31. The van der Waals surface area contributed by atoms with E-state index in [1.165, 1.54) is 5.56 Å². The van der Waals surface area contributed by atoms with Crippen molar-refractivity contribution in [2.24, 2.45) is 0 Å². The summed E-state index contributed by atoms with van der Waals surface area (Å²) in [7, 11) is 0. The number of hydrogen-bond donors (Lipinski definition) is 1. The van der Waals surface area contributed by atoms with Crippen molar-refractivity contribution in [2.45, 2.75) is 39.3 Å². The maximum atomic E-state index is 12.1. The molecule has 0 bridgehead atoms. The number of nitrogens with two attached hydrogens (primary N) is 1. The van der Waals surface area contributed by atoms with Gasteiger partial charge in [0.05, 0.1) is 6.54 Å². The molecule has 0 fully saturated rings. The summed E-state index contributed by atoms with van der Waals surface area (Å²) >= 11 is 3.53. The topological polar surface area (TPSA) is 55.6 Å². The van der Waals surface area contributed by atoms with E-state index in [2.05, 4.69) is 15.9 Å². The first-order valence-corrected chi connectivity index (χ1v) is 7.11. The van der Waals surface area contributed by atoms with E-state index in [1.54, 1.807) is 4.90 Å². The normalized spacial score (nSPS) is 15.1. The molecule has 0 unspecified atom stereocenters. The van der Waals surface area contributed by atoms with Crippen LogP contribution in [-0.2, 0) is 17.7 Å². The Kier molecular flexibility index (Phi) is 3.76. The van der Waals surface area contributed by atoms with E-state index < -0.39 is 5.60 Å². The first-order chi connectivity index (χ1) is 8.78. The van der Waals surface area contributed by atoms with Crippen molar-refractivity contribution in [3.05, 3.63) is 27.7 Å². The molecule has 1 aromatic carbocycles. The molecule has 2 N–H and O–H groups in total. The summed E-state index contributed by atoms with van der Waals surface area (Å²) in [5.74, 6) is 0.